The van der Waals surface area contributed by atoms with Gasteiger partial charge >= 0.3 is 0 Å². The fraction of sp³-hybridized carbons (Fsp3) is 0.294. The third-order valence-electron chi connectivity index (χ3n) is 3.81. The van der Waals surface area contributed by atoms with Crippen molar-refractivity contribution in [2.45, 2.75) is 26.0 Å². The molecule has 1 aliphatic heterocycles. The lowest BCUT2D eigenvalue weighted by Gasteiger charge is -2.15. The minimum absolute atomic E-state index is 0.460. The van der Waals surface area contributed by atoms with Crippen molar-refractivity contribution < 1.29 is 5.11 Å². The van der Waals surface area contributed by atoms with E-state index in [1.165, 1.54) is 16.8 Å². The lowest BCUT2D eigenvalue weighted by Crippen LogP contribution is -2.06. The van der Waals surface area contributed by atoms with Gasteiger partial charge in [0.25, 0.3) is 0 Å². The van der Waals surface area contributed by atoms with Crippen molar-refractivity contribution in [2.24, 2.45) is 0 Å². The van der Waals surface area contributed by atoms with Crippen LogP contribution in [0, 0.1) is 0 Å². The molecule has 0 spiro atoms. The van der Waals surface area contributed by atoms with Crippen LogP contribution in [-0.4, -0.2) is 11.7 Å². The molecule has 1 atom stereocenters. The molecule has 3 heteroatoms. The maximum Gasteiger partial charge on any atom is 0.0781 e. The summed E-state index contributed by atoms with van der Waals surface area (Å²) in [6.07, 6.45) is 0.645. The van der Waals surface area contributed by atoms with Crippen molar-refractivity contribution in [1.82, 2.24) is 0 Å². The van der Waals surface area contributed by atoms with Crippen LogP contribution in [0.1, 0.15) is 29.7 Å². The molecule has 2 aromatic rings. The zero-order valence-electron chi connectivity index (χ0n) is 11.7. The number of aliphatic hydroxyl groups excluding tert-OH is 1. The van der Waals surface area contributed by atoms with Crippen LogP contribution in [0.3, 0.4) is 0 Å². The fourth-order valence-corrected chi connectivity index (χ4v) is 2.77. The molecule has 20 heavy (non-hydrogen) atoms. The first-order valence-corrected chi connectivity index (χ1v) is 7.11. The van der Waals surface area contributed by atoms with Crippen LogP contribution in [0.5, 0.6) is 0 Å². The van der Waals surface area contributed by atoms with E-state index in [1.54, 1.807) is 6.92 Å². The van der Waals surface area contributed by atoms with Crippen LogP contribution in [0.25, 0.3) is 0 Å². The summed E-state index contributed by atoms with van der Waals surface area (Å²) in [6.45, 7) is 3.58. The predicted molar refractivity (Wildman–Crippen MR) is 83.0 cm³/mol. The quantitative estimate of drug-likeness (QED) is 0.797. The largest absolute Gasteiger partial charge is 0.389 e. The van der Waals surface area contributed by atoms with Gasteiger partial charge in [0.1, 0.15) is 0 Å². The second-order valence-electron chi connectivity index (χ2n) is 5.24. The first-order chi connectivity index (χ1) is 9.75. The Morgan fingerprint density at radius 2 is 2.05 bits per heavy atom. The van der Waals surface area contributed by atoms with Gasteiger partial charge in [-0.3, -0.25) is 0 Å². The van der Waals surface area contributed by atoms with E-state index < -0.39 is 6.10 Å². The molecule has 2 aromatic carbocycles. The standard InChI is InChI=1S/C17H20N2O/c1-12(20)15-7-2-3-8-16(15)19-11-14-6-4-5-13-9-10-18-17(13)14/h2-8,12,18-20H,9-11H2,1H3. The zero-order chi connectivity index (χ0) is 13.9. The van der Waals surface area contributed by atoms with Gasteiger partial charge in [-0.2, -0.15) is 0 Å². The minimum atomic E-state index is -0.460. The van der Waals surface area contributed by atoms with Gasteiger partial charge in [-0.05, 0) is 30.5 Å². The second-order valence-corrected chi connectivity index (χ2v) is 5.24. The first kappa shape index (κ1) is 13.0. The predicted octanol–water partition coefficient (Wildman–Crippen LogP) is 3.32. The number of aliphatic hydroxyl groups is 1. The minimum Gasteiger partial charge on any atom is -0.389 e. The lowest BCUT2D eigenvalue weighted by atomic mass is 10.1. The smallest absolute Gasteiger partial charge is 0.0781 e. The molecule has 0 amide bonds. The molecule has 0 saturated carbocycles. The summed E-state index contributed by atoms with van der Waals surface area (Å²) >= 11 is 0. The van der Waals surface area contributed by atoms with E-state index in [0.29, 0.717) is 0 Å². The van der Waals surface area contributed by atoms with Gasteiger partial charge in [0.15, 0.2) is 0 Å². The topological polar surface area (TPSA) is 44.3 Å². The van der Waals surface area contributed by atoms with Crippen molar-refractivity contribution in [1.29, 1.82) is 0 Å². The van der Waals surface area contributed by atoms with Gasteiger partial charge in [-0.25, -0.2) is 0 Å². The van der Waals surface area contributed by atoms with E-state index >= 15 is 0 Å². The summed E-state index contributed by atoms with van der Waals surface area (Å²) in [7, 11) is 0. The third kappa shape index (κ3) is 2.49. The van der Waals surface area contributed by atoms with Gasteiger partial charge in [0, 0.05) is 30.0 Å². The Hall–Kier alpha value is -2.00. The van der Waals surface area contributed by atoms with Crippen molar-refractivity contribution in [3.8, 4) is 0 Å². The number of nitrogens with one attached hydrogen (secondary N) is 2. The summed E-state index contributed by atoms with van der Waals surface area (Å²) < 4.78 is 0. The number of para-hydroxylation sites is 2. The molecule has 0 fully saturated rings. The van der Waals surface area contributed by atoms with Crippen LogP contribution in [0.2, 0.25) is 0 Å². The Morgan fingerprint density at radius 3 is 2.90 bits per heavy atom. The number of hydrogen-bond donors (Lipinski definition) is 3. The average molecular weight is 268 g/mol. The Labute approximate surface area is 119 Å². The Bertz CT molecular complexity index is 608. The number of hydrogen-bond acceptors (Lipinski definition) is 3. The molecular formula is C17H20N2O. The van der Waals surface area contributed by atoms with Gasteiger partial charge in [0.2, 0.25) is 0 Å². The van der Waals surface area contributed by atoms with E-state index in [9.17, 15) is 5.11 Å². The molecule has 1 heterocycles. The highest BCUT2D eigenvalue weighted by atomic mass is 16.3. The number of anilines is 2. The molecule has 0 aromatic heterocycles. The van der Waals surface area contributed by atoms with Crippen LogP contribution in [0.4, 0.5) is 11.4 Å². The van der Waals surface area contributed by atoms with E-state index in [0.717, 1.165) is 30.8 Å². The van der Waals surface area contributed by atoms with Crippen LogP contribution >= 0.6 is 0 Å². The molecule has 1 aliphatic rings. The SMILES string of the molecule is CC(O)c1ccccc1NCc1cccc2c1NCC2. The summed E-state index contributed by atoms with van der Waals surface area (Å²) in [5.41, 5.74) is 5.88. The van der Waals surface area contributed by atoms with Crippen molar-refractivity contribution in [3.63, 3.8) is 0 Å². The first-order valence-electron chi connectivity index (χ1n) is 7.11. The van der Waals surface area contributed by atoms with E-state index in [2.05, 4.69) is 28.8 Å². The van der Waals surface area contributed by atoms with Crippen molar-refractivity contribution >= 4 is 11.4 Å². The van der Waals surface area contributed by atoms with Crippen LogP contribution < -0.4 is 10.6 Å². The molecule has 3 rings (SSSR count). The Kier molecular flexibility index (Phi) is 3.61. The number of benzene rings is 2. The molecule has 3 N–H and O–H groups in total. The highest BCUT2D eigenvalue weighted by Gasteiger charge is 2.14. The van der Waals surface area contributed by atoms with E-state index in [-0.39, 0.29) is 0 Å². The summed E-state index contributed by atoms with van der Waals surface area (Å²) in [5, 5.41) is 16.7. The van der Waals surface area contributed by atoms with E-state index in [1.807, 2.05) is 24.3 Å². The van der Waals surface area contributed by atoms with Gasteiger partial charge in [-0.1, -0.05) is 36.4 Å². The van der Waals surface area contributed by atoms with Crippen molar-refractivity contribution in [3.05, 3.63) is 59.2 Å². The summed E-state index contributed by atoms with van der Waals surface area (Å²) in [6, 6.07) is 14.4. The molecule has 3 nitrogen and oxygen atoms in total. The normalized spacial score (nSPS) is 14.5. The zero-order valence-corrected chi connectivity index (χ0v) is 11.7. The molecular weight excluding hydrogens is 248 g/mol. The molecule has 0 saturated heterocycles. The Morgan fingerprint density at radius 1 is 1.20 bits per heavy atom. The maximum absolute atomic E-state index is 9.80. The average Bonchev–Trinajstić information content (AvgIpc) is 2.94. The van der Waals surface area contributed by atoms with E-state index in [4.69, 9.17) is 0 Å². The van der Waals surface area contributed by atoms with Gasteiger partial charge < -0.3 is 15.7 Å². The highest BCUT2D eigenvalue weighted by molar-refractivity contribution is 5.62. The van der Waals surface area contributed by atoms with Crippen molar-refractivity contribution in [2.75, 3.05) is 17.2 Å². The highest BCUT2D eigenvalue weighted by Crippen LogP contribution is 2.28. The van der Waals surface area contributed by atoms with Gasteiger partial charge in [0.05, 0.1) is 6.10 Å². The summed E-state index contributed by atoms with van der Waals surface area (Å²) in [4.78, 5) is 0. The molecule has 0 radical (unpaired) electrons. The molecule has 0 aliphatic carbocycles. The maximum atomic E-state index is 9.80. The third-order valence-corrected chi connectivity index (χ3v) is 3.81. The number of fused-ring (bicyclic) bond motifs is 1. The second kappa shape index (κ2) is 5.55. The number of rotatable bonds is 4. The lowest BCUT2D eigenvalue weighted by molar-refractivity contribution is 0.200. The summed E-state index contributed by atoms with van der Waals surface area (Å²) in [5.74, 6) is 0. The van der Waals surface area contributed by atoms with Gasteiger partial charge in [-0.15, -0.1) is 0 Å². The fourth-order valence-electron chi connectivity index (χ4n) is 2.77. The Balaban J connectivity index is 1.79. The van der Waals surface area contributed by atoms with Crippen LogP contribution in [0.15, 0.2) is 42.5 Å². The van der Waals surface area contributed by atoms with Crippen LogP contribution in [-0.2, 0) is 13.0 Å². The monoisotopic (exact) mass is 268 g/mol. The molecule has 1 unspecified atom stereocenters. The molecule has 104 valence electrons. The molecule has 0 bridgehead atoms.